The summed E-state index contributed by atoms with van der Waals surface area (Å²) in [6.45, 7) is 0. The first kappa shape index (κ1) is 19.0. The zero-order valence-electron chi connectivity index (χ0n) is 14.2. The highest BCUT2D eigenvalue weighted by Crippen LogP contribution is 2.40. The maximum atomic E-state index is 13.5. The van der Waals surface area contributed by atoms with Gasteiger partial charge < -0.3 is 5.32 Å². The highest BCUT2D eigenvalue weighted by atomic mass is 35.5. The van der Waals surface area contributed by atoms with E-state index >= 15 is 0 Å². The normalized spacial score (nSPS) is 18.7. The van der Waals surface area contributed by atoms with Crippen molar-refractivity contribution >= 4 is 40.6 Å². The van der Waals surface area contributed by atoms with Crippen LogP contribution >= 0.6 is 34.8 Å². The molecular formula is C17H16Cl3F2N5. The van der Waals surface area contributed by atoms with Crippen LogP contribution in [0.2, 0.25) is 15.5 Å². The number of hydrogen-bond acceptors (Lipinski definition) is 5. The van der Waals surface area contributed by atoms with Crippen molar-refractivity contribution in [2.24, 2.45) is 0 Å². The van der Waals surface area contributed by atoms with Crippen LogP contribution in [0, 0.1) is 11.6 Å². The predicted octanol–water partition coefficient (Wildman–Crippen LogP) is 5.52. The third kappa shape index (κ3) is 4.76. The van der Waals surface area contributed by atoms with E-state index in [9.17, 15) is 8.78 Å². The molecule has 0 bridgehead atoms. The Hall–Kier alpha value is -1.31. The van der Waals surface area contributed by atoms with Gasteiger partial charge in [0.05, 0.1) is 0 Å². The smallest absolute Gasteiger partial charge is 0.202 e. The standard InChI is InChI=1S/C10H11ClFN3.C7H5Cl2FN2/c11-8-7(12)10(13-6-3-4-6)15-9(14-8)5-1-2-5;8-5-4(10)6(9)12-7(11-5)3-1-2-3/h5-6H,1-4H2,(H,13,14,15);3H,1-2H2. The summed E-state index contributed by atoms with van der Waals surface area (Å²) >= 11 is 16.7. The summed E-state index contributed by atoms with van der Waals surface area (Å²) in [6, 6.07) is 0.373. The van der Waals surface area contributed by atoms with E-state index in [2.05, 4.69) is 25.3 Å². The van der Waals surface area contributed by atoms with Crippen molar-refractivity contribution in [1.29, 1.82) is 0 Å². The summed E-state index contributed by atoms with van der Waals surface area (Å²) in [5, 5.41) is 2.61. The highest BCUT2D eigenvalue weighted by molar-refractivity contribution is 6.33. The minimum atomic E-state index is -0.734. The van der Waals surface area contributed by atoms with Crippen LogP contribution in [0.25, 0.3) is 0 Å². The Morgan fingerprint density at radius 3 is 1.56 bits per heavy atom. The lowest BCUT2D eigenvalue weighted by Crippen LogP contribution is -2.08. The first-order valence-electron chi connectivity index (χ1n) is 8.80. The summed E-state index contributed by atoms with van der Waals surface area (Å²) in [5.41, 5.74) is 0. The van der Waals surface area contributed by atoms with Crippen LogP contribution in [0.4, 0.5) is 14.6 Å². The predicted molar refractivity (Wildman–Crippen MR) is 99.6 cm³/mol. The molecule has 0 amide bonds. The van der Waals surface area contributed by atoms with Crippen molar-refractivity contribution in [2.75, 3.05) is 5.32 Å². The molecule has 0 unspecified atom stereocenters. The molecule has 2 aromatic rings. The minimum absolute atomic E-state index is 0.0601. The molecule has 3 saturated carbocycles. The van der Waals surface area contributed by atoms with Gasteiger partial charge in [0, 0.05) is 17.9 Å². The van der Waals surface area contributed by atoms with Crippen molar-refractivity contribution < 1.29 is 8.78 Å². The van der Waals surface area contributed by atoms with E-state index in [0.29, 0.717) is 29.5 Å². The number of hydrogen-bond donors (Lipinski definition) is 1. The molecule has 0 atom stereocenters. The van der Waals surface area contributed by atoms with Gasteiger partial charge >= 0.3 is 0 Å². The minimum Gasteiger partial charge on any atom is -0.365 e. The van der Waals surface area contributed by atoms with E-state index in [1.54, 1.807) is 0 Å². The molecule has 0 radical (unpaired) electrons. The van der Waals surface area contributed by atoms with Gasteiger partial charge in [0.25, 0.3) is 0 Å². The fraction of sp³-hybridized carbons (Fsp3) is 0.529. The van der Waals surface area contributed by atoms with Gasteiger partial charge in [-0.2, -0.15) is 4.39 Å². The zero-order valence-corrected chi connectivity index (χ0v) is 16.4. The number of nitrogens with zero attached hydrogens (tertiary/aromatic N) is 4. The average Bonchev–Trinajstić information content (AvgIpc) is 3.48. The molecule has 1 N–H and O–H groups in total. The molecule has 3 fully saturated rings. The Balaban J connectivity index is 0.000000137. The molecule has 5 rings (SSSR count). The van der Waals surface area contributed by atoms with Gasteiger partial charge in [-0.3, -0.25) is 0 Å². The van der Waals surface area contributed by atoms with Crippen LogP contribution in [0.3, 0.4) is 0 Å². The van der Waals surface area contributed by atoms with Crippen molar-refractivity contribution in [3.8, 4) is 0 Å². The van der Waals surface area contributed by atoms with E-state index < -0.39 is 11.6 Å². The second kappa shape index (κ2) is 7.60. The summed E-state index contributed by atoms with van der Waals surface area (Å²) in [4.78, 5) is 15.7. The van der Waals surface area contributed by atoms with Crippen LogP contribution in [-0.4, -0.2) is 26.0 Å². The Bertz CT molecular complexity index is 847. The second-order valence-electron chi connectivity index (χ2n) is 6.98. The molecule has 0 saturated heterocycles. The van der Waals surface area contributed by atoms with Crippen molar-refractivity contribution in [1.82, 2.24) is 19.9 Å². The lowest BCUT2D eigenvalue weighted by atomic mass is 10.4. The molecule has 27 heavy (non-hydrogen) atoms. The molecule has 2 aromatic heterocycles. The molecule has 0 aromatic carbocycles. The number of anilines is 1. The Labute approximate surface area is 169 Å². The monoisotopic (exact) mass is 433 g/mol. The Kier molecular flexibility index (Phi) is 5.36. The van der Waals surface area contributed by atoms with E-state index in [1.807, 2.05) is 0 Å². The van der Waals surface area contributed by atoms with Gasteiger partial charge in [0.1, 0.15) is 11.6 Å². The summed E-state index contributed by atoms with van der Waals surface area (Å²) < 4.78 is 26.3. The fourth-order valence-corrected chi connectivity index (χ4v) is 2.99. The second-order valence-corrected chi connectivity index (χ2v) is 8.05. The summed E-state index contributed by atoms with van der Waals surface area (Å²) in [7, 11) is 0. The third-order valence-corrected chi connectivity index (χ3v) is 5.17. The maximum absolute atomic E-state index is 13.5. The van der Waals surface area contributed by atoms with E-state index in [-0.39, 0.29) is 21.3 Å². The molecule has 0 spiro atoms. The average molecular weight is 435 g/mol. The SMILES string of the molecule is Fc1c(Cl)nc(C2CC2)nc1Cl.Fc1c(Cl)nc(C2CC2)nc1NC1CC1. The number of aromatic nitrogens is 4. The van der Waals surface area contributed by atoms with Gasteiger partial charge in [-0.15, -0.1) is 0 Å². The Morgan fingerprint density at radius 2 is 1.11 bits per heavy atom. The van der Waals surface area contributed by atoms with Crippen LogP contribution in [0.15, 0.2) is 0 Å². The summed E-state index contributed by atoms with van der Waals surface area (Å²) in [5.74, 6) is 0.995. The summed E-state index contributed by atoms with van der Waals surface area (Å²) in [6.07, 6.45) is 6.42. The Morgan fingerprint density at radius 1 is 0.667 bits per heavy atom. The van der Waals surface area contributed by atoms with Gasteiger partial charge in [-0.1, -0.05) is 34.8 Å². The van der Waals surface area contributed by atoms with Gasteiger partial charge in [-0.05, 0) is 38.5 Å². The lowest BCUT2D eigenvalue weighted by molar-refractivity contribution is 0.610. The molecule has 3 aliphatic carbocycles. The molecular weight excluding hydrogens is 419 g/mol. The topological polar surface area (TPSA) is 63.6 Å². The first-order valence-corrected chi connectivity index (χ1v) is 9.93. The van der Waals surface area contributed by atoms with Gasteiger partial charge in [0.2, 0.25) is 5.82 Å². The molecule has 0 aliphatic heterocycles. The van der Waals surface area contributed by atoms with E-state index in [1.165, 1.54) is 0 Å². The molecule has 10 heteroatoms. The van der Waals surface area contributed by atoms with Crippen molar-refractivity contribution in [3.05, 3.63) is 38.7 Å². The quantitative estimate of drug-likeness (QED) is 0.642. The van der Waals surface area contributed by atoms with E-state index in [0.717, 1.165) is 38.5 Å². The van der Waals surface area contributed by atoms with Crippen molar-refractivity contribution in [2.45, 2.75) is 56.4 Å². The fourth-order valence-electron chi connectivity index (χ4n) is 2.41. The van der Waals surface area contributed by atoms with Crippen LogP contribution < -0.4 is 5.32 Å². The number of rotatable bonds is 4. The first-order chi connectivity index (χ1) is 12.9. The van der Waals surface area contributed by atoms with Crippen molar-refractivity contribution in [3.63, 3.8) is 0 Å². The van der Waals surface area contributed by atoms with E-state index in [4.69, 9.17) is 34.8 Å². The van der Waals surface area contributed by atoms with Crippen LogP contribution in [-0.2, 0) is 0 Å². The molecule has 5 nitrogen and oxygen atoms in total. The lowest BCUT2D eigenvalue weighted by Gasteiger charge is -2.07. The molecule has 144 valence electrons. The van der Waals surface area contributed by atoms with Gasteiger partial charge in [0.15, 0.2) is 27.1 Å². The van der Waals surface area contributed by atoms with Crippen LogP contribution in [0.5, 0.6) is 0 Å². The highest BCUT2D eigenvalue weighted by Gasteiger charge is 2.30. The molecule has 3 aliphatic rings. The largest absolute Gasteiger partial charge is 0.365 e. The number of halogens is 5. The maximum Gasteiger partial charge on any atom is 0.202 e. The zero-order chi connectivity index (χ0) is 19.1. The van der Waals surface area contributed by atoms with Crippen LogP contribution in [0.1, 0.15) is 62.0 Å². The molecule has 2 heterocycles. The third-order valence-electron chi connectivity index (χ3n) is 4.42. The van der Waals surface area contributed by atoms with Gasteiger partial charge in [-0.25, -0.2) is 24.3 Å². The number of nitrogens with one attached hydrogen (secondary N) is 1.